The molecule has 3 aromatic rings. The molecule has 0 saturated heterocycles. The Balaban J connectivity index is 1.67. The maximum absolute atomic E-state index is 12.5. The van der Waals surface area contributed by atoms with Crippen LogP contribution < -0.4 is 14.8 Å². The van der Waals surface area contributed by atoms with Gasteiger partial charge in [0.1, 0.15) is 41.4 Å². The van der Waals surface area contributed by atoms with Crippen molar-refractivity contribution in [3.63, 3.8) is 0 Å². The highest BCUT2D eigenvalue weighted by Gasteiger charge is 2.14. The number of hydrogen-bond acceptors (Lipinski definition) is 7. The molecule has 1 amide bonds. The van der Waals surface area contributed by atoms with Crippen molar-refractivity contribution in [3.05, 3.63) is 67.6 Å². The van der Waals surface area contributed by atoms with Crippen LogP contribution in [-0.4, -0.2) is 29.3 Å². The molecular formula is C22H18Br2N4O3S. The number of nitriles is 1. The van der Waals surface area contributed by atoms with Crippen LogP contribution in [-0.2, 0) is 11.2 Å². The topological polar surface area (TPSA) is 97.1 Å². The quantitative estimate of drug-likeness (QED) is 0.201. The Morgan fingerprint density at radius 2 is 1.84 bits per heavy atom. The van der Waals surface area contributed by atoms with Gasteiger partial charge in [-0.25, -0.2) is 0 Å². The summed E-state index contributed by atoms with van der Waals surface area (Å²) in [7, 11) is 0. The van der Waals surface area contributed by atoms with Gasteiger partial charge in [-0.15, -0.1) is 10.2 Å². The normalized spacial score (nSPS) is 11.0. The third-order valence-electron chi connectivity index (χ3n) is 4.05. The zero-order valence-corrected chi connectivity index (χ0v) is 21.0. The number of amides is 1. The fourth-order valence-electron chi connectivity index (χ4n) is 2.52. The maximum Gasteiger partial charge on any atom is 0.268 e. The number of carbonyl (C=O) groups excluding carboxylic acids is 1. The highest BCUT2D eigenvalue weighted by Crippen LogP contribution is 2.26. The minimum atomic E-state index is -0.559. The highest BCUT2D eigenvalue weighted by molar-refractivity contribution is 9.10. The number of aromatic nitrogens is 2. The minimum Gasteiger partial charge on any atom is -0.490 e. The summed E-state index contributed by atoms with van der Waals surface area (Å²) in [6.45, 7) is 2.58. The van der Waals surface area contributed by atoms with Crippen LogP contribution in [0.1, 0.15) is 17.5 Å². The molecule has 0 bridgehead atoms. The molecule has 3 rings (SSSR count). The summed E-state index contributed by atoms with van der Waals surface area (Å²) in [5, 5.41) is 21.2. The van der Waals surface area contributed by atoms with Crippen molar-refractivity contribution in [3.8, 4) is 17.6 Å². The number of aryl methyl sites for hydroxylation is 1. The molecule has 7 nitrogen and oxygen atoms in total. The van der Waals surface area contributed by atoms with Crippen molar-refractivity contribution < 1.29 is 14.3 Å². The Hall–Kier alpha value is -2.74. The largest absolute Gasteiger partial charge is 0.490 e. The molecule has 164 valence electrons. The molecule has 1 heterocycles. The molecule has 0 atom stereocenters. The van der Waals surface area contributed by atoms with Crippen LogP contribution in [0.4, 0.5) is 5.13 Å². The number of nitrogens with one attached hydrogen (secondary N) is 1. The summed E-state index contributed by atoms with van der Waals surface area (Å²) in [5.74, 6) is 0.701. The number of halogens is 2. The fraction of sp³-hybridized carbons (Fsp3) is 0.182. The predicted molar refractivity (Wildman–Crippen MR) is 131 cm³/mol. The fourth-order valence-corrected chi connectivity index (χ4v) is 3.84. The zero-order chi connectivity index (χ0) is 22.9. The summed E-state index contributed by atoms with van der Waals surface area (Å²) >= 11 is 8.07. The monoisotopic (exact) mass is 576 g/mol. The number of anilines is 1. The lowest BCUT2D eigenvalue weighted by molar-refractivity contribution is -0.112. The van der Waals surface area contributed by atoms with Crippen LogP contribution in [0.25, 0.3) is 6.08 Å². The molecule has 0 saturated carbocycles. The first-order valence-corrected chi connectivity index (χ1v) is 11.9. The number of ether oxygens (including phenoxy) is 2. The Morgan fingerprint density at radius 1 is 1.12 bits per heavy atom. The number of nitrogens with zero attached hydrogens (tertiary/aromatic N) is 3. The zero-order valence-electron chi connectivity index (χ0n) is 17.0. The van der Waals surface area contributed by atoms with E-state index in [1.807, 2.05) is 43.3 Å². The molecule has 1 aromatic heterocycles. The van der Waals surface area contributed by atoms with E-state index in [9.17, 15) is 10.1 Å². The first-order chi connectivity index (χ1) is 15.5. The van der Waals surface area contributed by atoms with Crippen LogP contribution in [0.3, 0.4) is 0 Å². The Morgan fingerprint density at radius 3 is 2.53 bits per heavy atom. The van der Waals surface area contributed by atoms with E-state index < -0.39 is 5.91 Å². The Bertz CT molecular complexity index is 1160. The third-order valence-corrected chi connectivity index (χ3v) is 6.05. The summed E-state index contributed by atoms with van der Waals surface area (Å²) in [6.07, 6.45) is 2.20. The summed E-state index contributed by atoms with van der Waals surface area (Å²) in [5.41, 5.74) is 0.508. The first kappa shape index (κ1) is 23.9. The van der Waals surface area contributed by atoms with Crippen molar-refractivity contribution in [2.75, 3.05) is 18.5 Å². The van der Waals surface area contributed by atoms with E-state index in [4.69, 9.17) is 9.47 Å². The van der Waals surface area contributed by atoms with Gasteiger partial charge < -0.3 is 9.47 Å². The van der Waals surface area contributed by atoms with Crippen LogP contribution >= 0.6 is 43.2 Å². The molecule has 1 N–H and O–H groups in total. The van der Waals surface area contributed by atoms with E-state index >= 15 is 0 Å². The molecule has 0 aliphatic heterocycles. The van der Waals surface area contributed by atoms with Crippen LogP contribution in [0.15, 0.2) is 57.0 Å². The van der Waals surface area contributed by atoms with Crippen LogP contribution in [0.2, 0.25) is 0 Å². The van der Waals surface area contributed by atoms with Crippen molar-refractivity contribution in [2.45, 2.75) is 13.3 Å². The Kier molecular flexibility index (Phi) is 8.79. The van der Waals surface area contributed by atoms with Gasteiger partial charge in [-0.1, -0.05) is 50.1 Å². The standard InChI is InChI=1S/C22H18Br2N4O3S/c1-2-20-27-28-22(32-20)26-21(29)15(13-25)11-14-12-17(24)5-8-19(14)31-10-9-30-18-6-3-16(23)4-7-18/h3-8,11-12H,2,9-10H2,1H3,(H,26,28,29)/b15-11-. The van der Waals surface area contributed by atoms with E-state index in [2.05, 4.69) is 47.4 Å². The van der Waals surface area contributed by atoms with E-state index in [0.29, 0.717) is 23.1 Å². The van der Waals surface area contributed by atoms with E-state index in [0.717, 1.165) is 26.1 Å². The molecule has 0 aliphatic carbocycles. The molecule has 32 heavy (non-hydrogen) atoms. The lowest BCUT2D eigenvalue weighted by Gasteiger charge is -2.11. The van der Waals surface area contributed by atoms with Gasteiger partial charge in [0.15, 0.2) is 0 Å². The second-order valence-electron chi connectivity index (χ2n) is 6.31. The first-order valence-electron chi connectivity index (χ1n) is 9.54. The van der Waals surface area contributed by atoms with Crippen molar-refractivity contribution in [1.29, 1.82) is 5.26 Å². The molecule has 2 aromatic carbocycles. The van der Waals surface area contributed by atoms with Crippen molar-refractivity contribution in [2.24, 2.45) is 0 Å². The number of hydrogen-bond donors (Lipinski definition) is 1. The Labute approximate surface area is 206 Å². The van der Waals surface area contributed by atoms with Gasteiger partial charge in [0.2, 0.25) is 5.13 Å². The van der Waals surface area contributed by atoms with Gasteiger partial charge in [-0.2, -0.15) is 5.26 Å². The van der Waals surface area contributed by atoms with Gasteiger partial charge in [-0.05, 0) is 55.0 Å². The molecule has 0 fully saturated rings. The van der Waals surface area contributed by atoms with Gasteiger partial charge in [0.05, 0.1) is 0 Å². The highest BCUT2D eigenvalue weighted by atomic mass is 79.9. The van der Waals surface area contributed by atoms with Crippen molar-refractivity contribution >= 4 is 60.3 Å². The SMILES string of the molecule is CCc1nnc(NC(=O)/C(C#N)=C\c2cc(Br)ccc2OCCOc2ccc(Br)cc2)s1. The second-order valence-corrected chi connectivity index (χ2v) is 9.20. The van der Waals surface area contributed by atoms with Gasteiger partial charge >= 0.3 is 0 Å². The lowest BCUT2D eigenvalue weighted by atomic mass is 10.1. The third kappa shape index (κ3) is 6.88. The minimum absolute atomic E-state index is 0.0766. The molecule has 0 radical (unpaired) electrons. The van der Waals surface area contributed by atoms with Crippen LogP contribution in [0.5, 0.6) is 11.5 Å². The summed E-state index contributed by atoms with van der Waals surface area (Å²) in [4.78, 5) is 12.5. The summed E-state index contributed by atoms with van der Waals surface area (Å²) < 4.78 is 13.3. The number of benzene rings is 2. The van der Waals surface area contributed by atoms with Crippen LogP contribution in [0, 0.1) is 11.3 Å². The number of carbonyl (C=O) groups is 1. The van der Waals surface area contributed by atoms with Gasteiger partial charge in [0, 0.05) is 14.5 Å². The molecule has 0 unspecified atom stereocenters. The summed E-state index contributed by atoms with van der Waals surface area (Å²) in [6, 6.07) is 14.8. The van der Waals surface area contributed by atoms with Gasteiger partial charge in [0.25, 0.3) is 5.91 Å². The lowest BCUT2D eigenvalue weighted by Crippen LogP contribution is -2.13. The average molecular weight is 578 g/mol. The number of rotatable bonds is 9. The van der Waals surface area contributed by atoms with Crippen molar-refractivity contribution in [1.82, 2.24) is 10.2 Å². The van der Waals surface area contributed by atoms with E-state index in [1.54, 1.807) is 12.1 Å². The molecule has 10 heteroatoms. The second kappa shape index (κ2) is 11.8. The molecule has 0 aliphatic rings. The maximum atomic E-state index is 12.5. The smallest absolute Gasteiger partial charge is 0.268 e. The molecule has 0 spiro atoms. The predicted octanol–water partition coefficient (Wildman–Crippen LogP) is 5.63. The van der Waals surface area contributed by atoms with E-state index in [-0.39, 0.29) is 12.2 Å². The van der Waals surface area contributed by atoms with Gasteiger partial charge in [-0.3, -0.25) is 10.1 Å². The van der Waals surface area contributed by atoms with E-state index in [1.165, 1.54) is 17.4 Å². The average Bonchev–Trinajstić information content (AvgIpc) is 3.24. The molecular weight excluding hydrogens is 560 g/mol.